The van der Waals surface area contributed by atoms with E-state index in [2.05, 4.69) is 5.32 Å². The predicted molar refractivity (Wildman–Crippen MR) is 55.1 cm³/mol. The third-order valence-electron chi connectivity index (χ3n) is 2.14. The van der Waals surface area contributed by atoms with Gasteiger partial charge in [-0.25, -0.2) is 8.78 Å². The molecule has 0 saturated carbocycles. The molecule has 0 bridgehead atoms. The Kier molecular flexibility index (Phi) is 3.95. The summed E-state index contributed by atoms with van der Waals surface area (Å²) in [5.74, 6) is -2.27. The molecule has 2 N–H and O–H groups in total. The molecule has 0 aliphatic heterocycles. The minimum Gasteiger partial charge on any atom is -0.394 e. The zero-order chi connectivity index (χ0) is 12.3. The average molecular weight is 229 g/mol. The van der Waals surface area contributed by atoms with E-state index >= 15 is 0 Å². The van der Waals surface area contributed by atoms with Crippen molar-refractivity contribution in [3.63, 3.8) is 0 Å². The van der Waals surface area contributed by atoms with E-state index in [4.69, 9.17) is 5.11 Å². The average Bonchev–Trinajstić information content (AvgIpc) is 2.23. The van der Waals surface area contributed by atoms with E-state index in [1.54, 1.807) is 6.92 Å². The fraction of sp³-hybridized carbons (Fsp3) is 0.364. The largest absolute Gasteiger partial charge is 0.394 e. The molecule has 3 nitrogen and oxygen atoms in total. The Morgan fingerprint density at radius 2 is 2.06 bits per heavy atom. The molecule has 0 spiro atoms. The first-order valence-electron chi connectivity index (χ1n) is 4.83. The molecule has 1 aromatic carbocycles. The lowest BCUT2D eigenvalue weighted by Gasteiger charge is -2.11. The van der Waals surface area contributed by atoms with E-state index in [9.17, 15) is 13.6 Å². The number of amides is 1. The molecule has 0 unspecified atom stereocenters. The second-order valence-corrected chi connectivity index (χ2v) is 3.64. The van der Waals surface area contributed by atoms with Gasteiger partial charge in [0.15, 0.2) is 0 Å². The Morgan fingerprint density at radius 1 is 1.44 bits per heavy atom. The van der Waals surface area contributed by atoms with Crippen LogP contribution >= 0.6 is 0 Å². The molecule has 1 atom stereocenters. The SMILES string of the molecule is Cc1cc(C(=O)N[C@H](C)CO)c(F)cc1F. The molecule has 0 aliphatic carbocycles. The van der Waals surface area contributed by atoms with Gasteiger partial charge in [0.2, 0.25) is 0 Å². The number of aryl methyl sites for hydroxylation is 1. The normalized spacial score (nSPS) is 12.3. The fourth-order valence-corrected chi connectivity index (χ4v) is 1.18. The Bertz CT molecular complexity index is 407. The number of nitrogens with one attached hydrogen (secondary N) is 1. The first kappa shape index (κ1) is 12.6. The predicted octanol–water partition coefficient (Wildman–Crippen LogP) is 1.38. The van der Waals surface area contributed by atoms with Crippen LogP contribution in [0.5, 0.6) is 0 Å². The van der Waals surface area contributed by atoms with Crippen molar-refractivity contribution >= 4 is 5.91 Å². The summed E-state index contributed by atoms with van der Waals surface area (Å²) in [5, 5.41) is 11.1. The molecular formula is C11H13F2NO2. The Morgan fingerprint density at radius 3 is 2.62 bits per heavy atom. The quantitative estimate of drug-likeness (QED) is 0.822. The molecular weight excluding hydrogens is 216 g/mol. The summed E-state index contributed by atoms with van der Waals surface area (Å²) in [6.45, 7) is 2.78. The number of aliphatic hydroxyl groups is 1. The molecule has 0 heterocycles. The van der Waals surface area contributed by atoms with E-state index in [0.29, 0.717) is 6.07 Å². The number of rotatable bonds is 3. The topological polar surface area (TPSA) is 49.3 Å². The van der Waals surface area contributed by atoms with Gasteiger partial charge >= 0.3 is 0 Å². The molecule has 0 aromatic heterocycles. The van der Waals surface area contributed by atoms with Gasteiger partial charge in [0, 0.05) is 12.1 Å². The Balaban J connectivity index is 2.96. The van der Waals surface area contributed by atoms with Gasteiger partial charge in [0.05, 0.1) is 12.2 Å². The monoisotopic (exact) mass is 229 g/mol. The van der Waals surface area contributed by atoms with E-state index < -0.39 is 23.6 Å². The summed E-state index contributed by atoms with van der Waals surface area (Å²) < 4.78 is 26.2. The minimum absolute atomic E-state index is 0.197. The maximum atomic E-state index is 13.3. The number of hydrogen-bond donors (Lipinski definition) is 2. The zero-order valence-electron chi connectivity index (χ0n) is 9.05. The van der Waals surface area contributed by atoms with Gasteiger partial charge in [-0.2, -0.15) is 0 Å². The number of hydrogen-bond acceptors (Lipinski definition) is 2. The maximum absolute atomic E-state index is 13.3. The molecule has 1 aromatic rings. The van der Waals surface area contributed by atoms with Crippen LogP contribution in [0.3, 0.4) is 0 Å². The first-order chi connectivity index (χ1) is 7.45. The van der Waals surface area contributed by atoms with Gasteiger partial charge < -0.3 is 10.4 Å². The highest BCUT2D eigenvalue weighted by Crippen LogP contribution is 2.14. The summed E-state index contributed by atoms with van der Waals surface area (Å²) in [6, 6.07) is 1.34. The van der Waals surface area contributed by atoms with Crippen LogP contribution in [0.4, 0.5) is 8.78 Å². The van der Waals surface area contributed by atoms with Crippen LogP contribution in [0.15, 0.2) is 12.1 Å². The molecule has 0 radical (unpaired) electrons. The van der Waals surface area contributed by atoms with E-state index in [0.717, 1.165) is 6.07 Å². The smallest absolute Gasteiger partial charge is 0.254 e. The third-order valence-corrected chi connectivity index (χ3v) is 2.14. The zero-order valence-corrected chi connectivity index (χ0v) is 9.05. The Hall–Kier alpha value is -1.49. The molecule has 0 aliphatic rings. The van der Waals surface area contributed by atoms with Gasteiger partial charge in [0.25, 0.3) is 5.91 Å². The number of benzene rings is 1. The van der Waals surface area contributed by atoms with Crippen LogP contribution in [0, 0.1) is 18.6 Å². The first-order valence-corrected chi connectivity index (χ1v) is 4.83. The molecule has 0 fully saturated rings. The highest BCUT2D eigenvalue weighted by Gasteiger charge is 2.15. The van der Waals surface area contributed by atoms with Crippen LogP contribution in [-0.4, -0.2) is 23.7 Å². The molecule has 5 heteroatoms. The van der Waals surface area contributed by atoms with Crippen molar-refractivity contribution in [3.05, 3.63) is 34.9 Å². The van der Waals surface area contributed by atoms with Crippen molar-refractivity contribution in [2.75, 3.05) is 6.61 Å². The second-order valence-electron chi connectivity index (χ2n) is 3.64. The number of carbonyl (C=O) groups is 1. The van der Waals surface area contributed by atoms with Gasteiger partial charge in [0.1, 0.15) is 11.6 Å². The van der Waals surface area contributed by atoms with Crippen molar-refractivity contribution in [1.82, 2.24) is 5.32 Å². The van der Waals surface area contributed by atoms with Crippen molar-refractivity contribution in [1.29, 1.82) is 0 Å². The maximum Gasteiger partial charge on any atom is 0.254 e. The summed E-state index contributed by atoms with van der Waals surface area (Å²) in [7, 11) is 0. The summed E-state index contributed by atoms with van der Waals surface area (Å²) in [4.78, 5) is 11.5. The number of halogens is 2. The lowest BCUT2D eigenvalue weighted by molar-refractivity contribution is 0.0918. The van der Waals surface area contributed by atoms with E-state index in [1.165, 1.54) is 6.92 Å². The van der Waals surface area contributed by atoms with E-state index in [1.807, 2.05) is 0 Å². The third kappa shape index (κ3) is 2.76. The molecule has 88 valence electrons. The van der Waals surface area contributed by atoms with Crippen molar-refractivity contribution in [3.8, 4) is 0 Å². The number of aliphatic hydroxyl groups excluding tert-OH is 1. The summed E-state index contributed by atoms with van der Waals surface area (Å²) >= 11 is 0. The molecule has 1 amide bonds. The summed E-state index contributed by atoms with van der Waals surface area (Å²) in [6.07, 6.45) is 0. The van der Waals surface area contributed by atoms with Crippen LogP contribution in [0.25, 0.3) is 0 Å². The standard InChI is InChI=1S/C11H13F2NO2/c1-6-3-8(10(13)4-9(6)12)11(16)14-7(2)5-15/h3-4,7,15H,5H2,1-2H3,(H,14,16)/t7-/m1/s1. The van der Waals surface area contributed by atoms with Gasteiger partial charge in [-0.3, -0.25) is 4.79 Å². The van der Waals surface area contributed by atoms with Gasteiger partial charge in [-0.1, -0.05) is 0 Å². The van der Waals surface area contributed by atoms with E-state index in [-0.39, 0.29) is 17.7 Å². The van der Waals surface area contributed by atoms with Crippen LogP contribution in [-0.2, 0) is 0 Å². The van der Waals surface area contributed by atoms with Crippen molar-refractivity contribution in [2.45, 2.75) is 19.9 Å². The molecule has 16 heavy (non-hydrogen) atoms. The lowest BCUT2D eigenvalue weighted by atomic mass is 10.1. The highest BCUT2D eigenvalue weighted by molar-refractivity contribution is 5.94. The van der Waals surface area contributed by atoms with Crippen LogP contribution < -0.4 is 5.32 Å². The van der Waals surface area contributed by atoms with Crippen LogP contribution in [0.2, 0.25) is 0 Å². The van der Waals surface area contributed by atoms with Gasteiger partial charge in [-0.05, 0) is 25.5 Å². The molecule has 0 saturated heterocycles. The summed E-state index contributed by atoms with van der Waals surface area (Å²) in [5.41, 5.74) is -0.0256. The van der Waals surface area contributed by atoms with Crippen LogP contribution in [0.1, 0.15) is 22.8 Å². The lowest BCUT2D eigenvalue weighted by Crippen LogP contribution is -2.35. The van der Waals surface area contributed by atoms with Crippen molar-refractivity contribution in [2.24, 2.45) is 0 Å². The Labute approximate surface area is 92.1 Å². The minimum atomic E-state index is -0.911. The second kappa shape index (κ2) is 5.03. The highest BCUT2D eigenvalue weighted by atomic mass is 19.1. The fourth-order valence-electron chi connectivity index (χ4n) is 1.18. The molecule has 1 rings (SSSR count). The number of carbonyl (C=O) groups excluding carboxylic acids is 1. The van der Waals surface area contributed by atoms with Gasteiger partial charge in [-0.15, -0.1) is 0 Å². The van der Waals surface area contributed by atoms with Crippen molar-refractivity contribution < 1.29 is 18.7 Å².